The number of sulfonamides is 1. The molecule has 0 aromatic heterocycles. The Kier molecular flexibility index (Phi) is 3.68. The van der Waals surface area contributed by atoms with Crippen molar-refractivity contribution < 1.29 is 13.2 Å². The molecule has 1 aliphatic rings. The number of fused-ring (bicyclic) bond motifs is 1. The Morgan fingerprint density at radius 2 is 1.83 bits per heavy atom. The fourth-order valence-electron chi connectivity index (χ4n) is 2.03. The number of nitrogens with zero attached hydrogens (tertiary/aromatic N) is 1. The molecule has 98 valence electrons. The summed E-state index contributed by atoms with van der Waals surface area (Å²) >= 11 is 0. The minimum Gasteiger partial charge on any atom is -0.330 e. The molecule has 1 aromatic carbocycles. The number of rotatable bonds is 5. The molecule has 0 bridgehead atoms. The zero-order chi connectivity index (χ0) is 13.2. The number of amides is 1. The summed E-state index contributed by atoms with van der Waals surface area (Å²) in [5.41, 5.74) is 5.65. The third kappa shape index (κ3) is 2.13. The van der Waals surface area contributed by atoms with E-state index in [2.05, 4.69) is 0 Å². The second-order valence-corrected chi connectivity index (χ2v) is 6.06. The zero-order valence-electron chi connectivity index (χ0n) is 10.0. The number of carbonyl (C=O) groups is 1. The van der Waals surface area contributed by atoms with Gasteiger partial charge in [0, 0.05) is 6.54 Å². The van der Waals surface area contributed by atoms with Crippen LogP contribution in [0.2, 0.25) is 0 Å². The lowest BCUT2D eigenvalue weighted by molar-refractivity contribution is 0.0869. The number of nitrogens with two attached hydrogens (primary N) is 1. The maximum absolute atomic E-state index is 12.1. The lowest BCUT2D eigenvalue weighted by Gasteiger charge is -2.14. The predicted molar refractivity (Wildman–Crippen MR) is 67.6 cm³/mol. The molecule has 1 aliphatic heterocycles. The van der Waals surface area contributed by atoms with Gasteiger partial charge >= 0.3 is 0 Å². The number of hydrogen-bond acceptors (Lipinski definition) is 4. The second kappa shape index (κ2) is 5.07. The Morgan fingerprint density at radius 1 is 1.11 bits per heavy atom. The largest absolute Gasteiger partial charge is 0.330 e. The molecule has 0 spiro atoms. The monoisotopic (exact) mass is 268 g/mol. The fraction of sp³-hybridized carbons (Fsp3) is 0.417. The first kappa shape index (κ1) is 13.0. The Labute approximate surface area is 107 Å². The summed E-state index contributed by atoms with van der Waals surface area (Å²) in [6, 6.07) is 6.32. The quantitative estimate of drug-likeness (QED) is 0.807. The van der Waals surface area contributed by atoms with E-state index >= 15 is 0 Å². The first-order valence-electron chi connectivity index (χ1n) is 5.95. The Balaban J connectivity index is 2.18. The smallest absolute Gasteiger partial charge is 0.269 e. The second-order valence-electron chi connectivity index (χ2n) is 4.23. The highest BCUT2D eigenvalue weighted by Crippen LogP contribution is 2.29. The van der Waals surface area contributed by atoms with Crippen molar-refractivity contribution in [2.75, 3.05) is 13.1 Å². The summed E-state index contributed by atoms with van der Waals surface area (Å²) in [5, 5.41) is 0. The first-order valence-corrected chi connectivity index (χ1v) is 7.39. The van der Waals surface area contributed by atoms with E-state index in [0.29, 0.717) is 13.0 Å². The number of hydrogen-bond donors (Lipinski definition) is 1. The van der Waals surface area contributed by atoms with Crippen molar-refractivity contribution in [3.63, 3.8) is 0 Å². The van der Waals surface area contributed by atoms with Crippen LogP contribution in [0.3, 0.4) is 0 Å². The van der Waals surface area contributed by atoms with E-state index in [1.54, 1.807) is 18.2 Å². The first-order chi connectivity index (χ1) is 8.59. The number of carbonyl (C=O) groups excluding carboxylic acids is 1. The average Bonchev–Trinajstić information content (AvgIpc) is 2.55. The summed E-state index contributed by atoms with van der Waals surface area (Å²) in [6.45, 7) is 0.816. The molecular formula is C12H16N2O3S. The lowest BCUT2D eigenvalue weighted by atomic mass is 10.2. The summed E-state index contributed by atoms with van der Waals surface area (Å²) in [7, 11) is -3.63. The average molecular weight is 268 g/mol. The molecule has 6 heteroatoms. The summed E-state index contributed by atoms with van der Waals surface area (Å²) in [5.74, 6) is -0.418. The van der Waals surface area contributed by atoms with Crippen LogP contribution in [0, 0.1) is 0 Å². The minimum absolute atomic E-state index is 0.119. The van der Waals surface area contributed by atoms with Crippen molar-refractivity contribution in [2.45, 2.75) is 24.2 Å². The van der Waals surface area contributed by atoms with Crippen LogP contribution in [0.1, 0.15) is 29.6 Å². The van der Waals surface area contributed by atoms with E-state index in [4.69, 9.17) is 5.73 Å². The maximum atomic E-state index is 12.1. The van der Waals surface area contributed by atoms with Crippen molar-refractivity contribution in [3.05, 3.63) is 29.8 Å². The zero-order valence-corrected chi connectivity index (χ0v) is 10.8. The molecule has 1 heterocycles. The van der Waals surface area contributed by atoms with Gasteiger partial charge in [-0.1, -0.05) is 18.6 Å². The highest BCUT2D eigenvalue weighted by atomic mass is 32.2. The molecule has 0 aliphatic carbocycles. The van der Waals surface area contributed by atoms with Crippen molar-refractivity contribution in [1.82, 2.24) is 4.31 Å². The van der Waals surface area contributed by atoms with Gasteiger partial charge in [-0.05, 0) is 31.5 Å². The van der Waals surface area contributed by atoms with Crippen LogP contribution in [-0.4, -0.2) is 31.7 Å². The third-order valence-electron chi connectivity index (χ3n) is 2.98. The van der Waals surface area contributed by atoms with E-state index in [1.165, 1.54) is 6.07 Å². The number of benzene rings is 1. The molecule has 2 rings (SSSR count). The van der Waals surface area contributed by atoms with Crippen LogP contribution < -0.4 is 5.73 Å². The van der Waals surface area contributed by atoms with Gasteiger partial charge in [0.1, 0.15) is 4.90 Å². The van der Waals surface area contributed by atoms with E-state index in [9.17, 15) is 13.2 Å². The van der Waals surface area contributed by atoms with Crippen molar-refractivity contribution in [1.29, 1.82) is 0 Å². The molecule has 1 aromatic rings. The highest BCUT2D eigenvalue weighted by molar-refractivity contribution is 7.90. The standard InChI is InChI=1S/C12H16N2O3S/c13-8-4-1-5-9-14-12(15)10-6-2-3-7-11(10)18(14,16)17/h2-3,6-7H,1,4-5,8-9,13H2. The molecular weight excluding hydrogens is 252 g/mol. The molecule has 0 saturated heterocycles. The van der Waals surface area contributed by atoms with E-state index < -0.39 is 15.9 Å². The molecule has 5 nitrogen and oxygen atoms in total. The van der Waals surface area contributed by atoms with Gasteiger partial charge in [0.25, 0.3) is 15.9 Å². The van der Waals surface area contributed by atoms with Crippen LogP contribution in [0.25, 0.3) is 0 Å². The van der Waals surface area contributed by atoms with Gasteiger partial charge in [0.05, 0.1) is 5.56 Å². The Hall–Kier alpha value is -1.40. The van der Waals surface area contributed by atoms with Crippen LogP contribution in [0.5, 0.6) is 0 Å². The summed E-state index contributed by atoms with van der Waals surface area (Å²) in [4.78, 5) is 12.1. The predicted octanol–water partition coefficient (Wildman–Crippen LogP) is 0.960. The molecule has 0 unspecified atom stereocenters. The van der Waals surface area contributed by atoms with Crippen LogP contribution in [0.15, 0.2) is 29.2 Å². The maximum Gasteiger partial charge on any atom is 0.269 e. The number of unbranched alkanes of at least 4 members (excludes halogenated alkanes) is 2. The van der Waals surface area contributed by atoms with E-state index in [0.717, 1.165) is 17.1 Å². The van der Waals surface area contributed by atoms with Gasteiger partial charge in [-0.25, -0.2) is 12.7 Å². The van der Waals surface area contributed by atoms with Crippen LogP contribution in [0.4, 0.5) is 0 Å². The SMILES string of the molecule is NCCCCCN1C(=O)c2ccccc2S1(=O)=O. The molecule has 0 fully saturated rings. The van der Waals surface area contributed by atoms with Crippen molar-refractivity contribution in [2.24, 2.45) is 5.73 Å². The van der Waals surface area contributed by atoms with Gasteiger partial charge in [-0.2, -0.15) is 0 Å². The molecule has 0 saturated carbocycles. The normalized spacial score (nSPS) is 16.9. The van der Waals surface area contributed by atoms with Gasteiger partial charge in [0.15, 0.2) is 0 Å². The van der Waals surface area contributed by atoms with Crippen molar-refractivity contribution in [3.8, 4) is 0 Å². The van der Waals surface area contributed by atoms with Crippen LogP contribution >= 0.6 is 0 Å². The molecule has 2 N–H and O–H groups in total. The highest BCUT2D eigenvalue weighted by Gasteiger charge is 2.40. The van der Waals surface area contributed by atoms with E-state index in [1.807, 2.05) is 0 Å². The lowest BCUT2D eigenvalue weighted by Crippen LogP contribution is -2.31. The molecule has 0 atom stereocenters. The van der Waals surface area contributed by atoms with Gasteiger partial charge < -0.3 is 5.73 Å². The molecule has 0 radical (unpaired) electrons. The molecule has 1 amide bonds. The fourth-order valence-corrected chi connectivity index (χ4v) is 3.64. The van der Waals surface area contributed by atoms with Gasteiger partial charge in [0.2, 0.25) is 0 Å². The summed E-state index contributed by atoms with van der Waals surface area (Å²) in [6.07, 6.45) is 2.32. The topological polar surface area (TPSA) is 80.5 Å². The summed E-state index contributed by atoms with van der Waals surface area (Å²) < 4.78 is 25.2. The van der Waals surface area contributed by atoms with E-state index in [-0.39, 0.29) is 17.0 Å². The Morgan fingerprint density at radius 3 is 2.50 bits per heavy atom. The molecule has 18 heavy (non-hydrogen) atoms. The van der Waals surface area contributed by atoms with Gasteiger partial charge in [-0.3, -0.25) is 4.79 Å². The Bertz CT molecular complexity index is 554. The van der Waals surface area contributed by atoms with Crippen LogP contribution in [-0.2, 0) is 10.0 Å². The van der Waals surface area contributed by atoms with Crippen molar-refractivity contribution >= 4 is 15.9 Å². The van der Waals surface area contributed by atoms with Gasteiger partial charge in [-0.15, -0.1) is 0 Å². The minimum atomic E-state index is -3.63. The third-order valence-corrected chi connectivity index (χ3v) is 4.82.